The monoisotopic (exact) mass is 579 g/mol. The van der Waals surface area contributed by atoms with Crippen molar-refractivity contribution in [1.29, 1.82) is 0 Å². The van der Waals surface area contributed by atoms with Crippen LogP contribution >= 0.6 is 0 Å². The minimum atomic E-state index is -0.865. The summed E-state index contributed by atoms with van der Waals surface area (Å²) in [4.78, 5) is 45.0. The van der Waals surface area contributed by atoms with Crippen LogP contribution in [-0.4, -0.2) is 84.9 Å². The van der Waals surface area contributed by atoms with Gasteiger partial charge < -0.3 is 15.5 Å². The van der Waals surface area contributed by atoms with Crippen LogP contribution in [-0.2, 0) is 29.0 Å². The first kappa shape index (κ1) is 31.4. The molecule has 4 aromatic carbocycles. The Morgan fingerprint density at radius 1 is 0.605 bits per heavy atom. The minimum Gasteiger partial charge on any atom is -0.332 e. The van der Waals surface area contributed by atoms with E-state index in [9.17, 15) is 14.4 Å². The number of carbonyl (C=O) groups excluding carboxylic acids is 3. The lowest BCUT2D eigenvalue weighted by Gasteiger charge is -2.37. The first-order chi connectivity index (χ1) is 20.6. The van der Waals surface area contributed by atoms with Crippen molar-refractivity contribution in [2.45, 2.75) is 31.5 Å². The summed E-state index contributed by atoms with van der Waals surface area (Å²) in [5.41, 5.74) is 8.96. The highest BCUT2D eigenvalue weighted by Crippen LogP contribution is 2.21. The molecule has 8 heteroatoms. The largest absolute Gasteiger partial charge is 0.332 e. The zero-order valence-electron chi connectivity index (χ0n) is 25.6. The van der Waals surface area contributed by atoms with Gasteiger partial charge in [0, 0.05) is 60.2 Å². The van der Waals surface area contributed by atoms with E-state index in [0.717, 1.165) is 27.5 Å². The molecule has 0 heterocycles. The van der Waals surface area contributed by atoms with E-state index in [4.69, 9.17) is 5.73 Å². The smallest absolute Gasteiger partial charge is 0.259 e. The molecule has 224 valence electrons. The minimum absolute atomic E-state index is 0.223. The SMILES string of the molecule is CN(C(=O)c1cccc(CN)c1)C(Cc1ccc2ccccc2c1)C(=O)N(C)C(Cc1ccccc1)C(=O)N(C)N(C)C. The predicted octanol–water partition coefficient (Wildman–Crippen LogP) is 3.99. The maximum Gasteiger partial charge on any atom is 0.259 e. The number of amides is 3. The molecule has 3 amide bonds. The van der Waals surface area contributed by atoms with Crippen LogP contribution in [0.25, 0.3) is 10.8 Å². The molecule has 0 aromatic heterocycles. The van der Waals surface area contributed by atoms with Crippen molar-refractivity contribution < 1.29 is 14.4 Å². The fourth-order valence-corrected chi connectivity index (χ4v) is 5.18. The number of fused-ring (bicyclic) bond motifs is 1. The van der Waals surface area contributed by atoms with Crippen LogP contribution in [0, 0.1) is 0 Å². The second-order valence-electron chi connectivity index (χ2n) is 11.1. The number of hydrogen-bond donors (Lipinski definition) is 1. The Bertz CT molecular complexity index is 1570. The van der Waals surface area contributed by atoms with Gasteiger partial charge in [-0.25, -0.2) is 5.01 Å². The Balaban J connectivity index is 1.72. The van der Waals surface area contributed by atoms with Crippen molar-refractivity contribution >= 4 is 28.5 Å². The number of nitrogens with two attached hydrogens (primary N) is 1. The lowest BCUT2D eigenvalue weighted by molar-refractivity contribution is -0.153. The Morgan fingerprint density at radius 3 is 1.88 bits per heavy atom. The molecule has 0 bridgehead atoms. The highest BCUT2D eigenvalue weighted by atomic mass is 16.2. The first-order valence-electron chi connectivity index (χ1n) is 14.4. The summed E-state index contributed by atoms with van der Waals surface area (Å²) in [5, 5.41) is 5.33. The molecule has 0 aliphatic carbocycles. The van der Waals surface area contributed by atoms with E-state index < -0.39 is 12.1 Å². The third-order valence-corrected chi connectivity index (χ3v) is 8.02. The van der Waals surface area contributed by atoms with E-state index >= 15 is 0 Å². The second-order valence-corrected chi connectivity index (χ2v) is 11.1. The van der Waals surface area contributed by atoms with Gasteiger partial charge in [-0.2, -0.15) is 0 Å². The average Bonchev–Trinajstić information content (AvgIpc) is 3.04. The van der Waals surface area contributed by atoms with E-state index in [1.165, 1.54) is 14.8 Å². The number of nitrogens with zero attached hydrogens (tertiary/aromatic N) is 4. The molecule has 0 spiro atoms. The molecule has 0 radical (unpaired) electrons. The van der Waals surface area contributed by atoms with Crippen molar-refractivity contribution in [3.8, 4) is 0 Å². The molecule has 0 aliphatic heterocycles. The molecule has 0 saturated carbocycles. The summed E-state index contributed by atoms with van der Waals surface area (Å²) in [5.74, 6) is -0.835. The van der Waals surface area contributed by atoms with Gasteiger partial charge in [-0.15, -0.1) is 0 Å². The Morgan fingerprint density at radius 2 is 1.21 bits per heavy atom. The predicted molar refractivity (Wildman–Crippen MR) is 171 cm³/mol. The van der Waals surface area contributed by atoms with Crippen molar-refractivity contribution in [3.05, 3.63) is 119 Å². The van der Waals surface area contributed by atoms with Crippen molar-refractivity contribution in [2.75, 3.05) is 35.2 Å². The van der Waals surface area contributed by atoms with E-state index in [0.29, 0.717) is 18.5 Å². The number of carbonyl (C=O) groups is 3. The maximum absolute atomic E-state index is 14.5. The summed E-state index contributed by atoms with van der Waals surface area (Å²) in [7, 11) is 8.55. The lowest BCUT2D eigenvalue weighted by Crippen LogP contribution is -2.57. The molecule has 0 fully saturated rings. The standard InChI is InChI=1S/C35H41N5O3/c1-37(2)40(5)35(43)32(22-25-12-7-6-8-13-25)39(4)34(42)31(23-26-18-19-28-15-9-10-16-29(28)20-26)38(3)33(41)30-17-11-14-27(21-30)24-36/h6-21,31-32H,22-24,36H2,1-5H3. The van der Waals surface area contributed by atoms with Gasteiger partial charge in [-0.1, -0.05) is 84.9 Å². The van der Waals surface area contributed by atoms with Crippen LogP contribution in [0.1, 0.15) is 27.0 Å². The Kier molecular flexibility index (Phi) is 10.3. The van der Waals surface area contributed by atoms with Gasteiger partial charge in [0.05, 0.1) is 0 Å². The number of rotatable bonds is 11. The molecule has 2 N–H and O–H groups in total. The van der Waals surface area contributed by atoms with Crippen molar-refractivity contribution in [1.82, 2.24) is 19.8 Å². The molecule has 4 rings (SSSR count). The van der Waals surface area contributed by atoms with Crippen molar-refractivity contribution in [2.24, 2.45) is 5.73 Å². The normalized spacial score (nSPS) is 12.5. The van der Waals surface area contributed by atoms with Gasteiger partial charge in [0.25, 0.3) is 11.8 Å². The quantitative estimate of drug-likeness (QED) is 0.272. The molecule has 4 aromatic rings. The second kappa shape index (κ2) is 14.1. The summed E-state index contributed by atoms with van der Waals surface area (Å²) in [6.45, 7) is 0.301. The Labute approximate surface area is 254 Å². The van der Waals surface area contributed by atoms with Gasteiger partial charge in [-0.3, -0.25) is 19.4 Å². The number of likely N-dealkylation sites (N-methyl/N-ethyl adjacent to an activating group) is 3. The van der Waals surface area contributed by atoms with E-state index in [-0.39, 0.29) is 24.1 Å². The first-order valence-corrected chi connectivity index (χ1v) is 14.4. The van der Waals surface area contributed by atoms with Gasteiger partial charge in [0.1, 0.15) is 12.1 Å². The average molecular weight is 580 g/mol. The van der Waals surface area contributed by atoms with Crippen molar-refractivity contribution in [3.63, 3.8) is 0 Å². The molecule has 0 aliphatic rings. The van der Waals surface area contributed by atoms with Crippen LogP contribution in [0.5, 0.6) is 0 Å². The Hall–Kier alpha value is -4.53. The van der Waals surface area contributed by atoms with Crippen LogP contribution < -0.4 is 5.73 Å². The van der Waals surface area contributed by atoms with Crippen LogP contribution in [0.4, 0.5) is 0 Å². The maximum atomic E-state index is 14.5. The summed E-state index contributed by atoms with van der Waals surface area (Å²) < 4.78 is 0. The third-order valence-electron chi connectivity index (χ3n) is 8.02. The highest BCUT2D eigenvalue weighted by Gasteiger charge is 2.36. The molecular formula is C35H41N5O3. The lowest BCUT2D eigenvalue weighted by atomic mass is 9.98. The molecule has 43 heavy (non-hydrogen) atoms. The summed E-state index contributed by atoms with van der Waals surface area (Å²) >= 11 is 0. The third kappa shape index (κ3) is 7.46. The zero-order chi connectivity index (χ0) is 31.1. The fraction of sp³-hybridized carbons (Fsp3) is 0.286. The van der Waals surface area contributed by atoms with Crippen LogP contribution in [0.15, 0.2) is 97.1 Å². The number of benzene rings is 4. The zero-order valence-corrected chi connectivity index (χ0v) is 25.6. The summed E-state index contributed by atoms with van der Waals surface area (Å²) in [6, 6.07) is 29.2. The van der Waals surface area contributed by atoms with E-state index in [2.05, 4.69) is 6.07 Å². The highest BCUT2D eigenvalue weighted by molar-refractivity contribution is 5.98. The molecule has 0 saturated heterocycles. The van der Waals surface area contributed by atoms with E-state index in [1.54, 1.807) is 58.4 Å². The van der Waals surface area contributed by atoms with Crippen LogP contribution in [0.2, 0.25) is 0 Å². The number of hydrogen-bond acceptors (Lipinski definition) is 5. The van der Waals surface area contributed by atoms with Gasteiger partial charge in [-0.05, 0) is 39.6 Å². The van der Waals surface area contributed by atoms with Gasteiger partial charge in [0.15, 0.2) is 0 Å². The van der Waals surface area contributed by atoms with Crippen LogP contribution in [0.3, 0.4) is 0 Å². The molecule has 8 nitrogen and oxygen atoms in total. The fourth-order valence-electron chi connectivity index (χ4n) is 5.18. The number of hydrazine groups is 1. The summed E-state index contributed by atoms with van der Waals surface area (Å²) in [6.07, 6.45) is 0.613. The molecular weight excluding hydrogens is 538 g/mol. The van der Waals surface area contributed by atoms with Gasteiger partial charge >= 0.3 is 0 Å². The van der Waals surface area contributed by atoms with Gasteiger partial charge in [0.2, 0.25) is 5.91 Å². The topological polar surface area (TPSA) is 90.2 Å². The van der Waals surface area contributed by atoms with E-state index in [1.807, 2.05) is 72.8 Å². The molecule has 2 unspecified atom stereocenters. The molecule has 2 atom stereocenters.